The van der Waals surface area contributed by atoms with Gasteiger partial charge in [-0.3, -0.25) is 11.1 Å². The number of hydrogen-bond donors (Lipinski definition) is 0. The normalized spacial score (nSPS) is 22.8. The molecular weight excluding hydrogens is 494 g/mol. The number of rotatable bonds is 1. The first kappa shape index (κ1) is 28.8. The van der Waals surface area contributed by atoms with Crippen LogP contribution >= 0.6 is 0 Å². The van der Waals surface area contributed by atoms with Crippen molar-refractivity contribution in [1.82, 2.24) is 4.90 Å². The molecule has 1 amide bonds. The second-order valence-electron chi connectivity index (χ2n) is 4.88. The van der Waals surface area contributed by atoms with E-state index in [0.29, 0.717) is 6.42 Å². The van der Waals surface area contributed by atoms with E-state index >= 15 is 0 Å². The summed E-state index contributed by atoms with van der Waals surface area (Å²) in [4.78, 5) is 24.0. The van der Waals surface area contributed by atoms with Crippen LogP contribution in [0.15, 0.2) is 0 Å². The molecule has 0 aromatic heterocycles. The molecule has 0 unspecified atom stereocenters. The van der Waals surface area contributed by atoms with Crippen molar-refractivity contribution in [3.8, 4) is 0 Å². The summed E-state index contributed by atoms with van der Waals surface area (Å²) in [6, 6.07) is 0.174. The van der Waals surface area contributed by atoms with Crippen LogP contribution in [-0.2, 0) is 44.6 Å². The summed E-state index contributed by atoms with van der Waals surface area (Å²) in [6.45, 7) is 14.3. The number of fused-ring (bicyclic) bond motifs is 1. The van der Waals surface area contributed by atoms with Gasteiger partial charge in [0.1, 0.15) is 0 Å². The number of hydrogen-bond acceptors (Lipinski definition) is 2. The molecule has 0 aromatic carbocycles. The summed E-state index contributed by atoms with van der Waals surface area (Å²) in [7, 11) is 0. The number of piperidine rings is 2. The van der Waals surface area contributed by atoms with E-state index in [1.807, 2.05) is 37.0 Å². The topological polar surface area (TPSA) is 97.1 Å². The first-order valence-electron chi connectivity index (χ1n) is 7.28. The molecule has 2 saturated heterocycles. The fourth-order valence-corrected chi connectivity index (χ4v) is 2.79. The van der Waals surface area contributed by atoms with Gasteiger partial charge in [-0.1, -0.05) is 6.42 Å². The molecule has 2 atom stereocenters. The Bertz CT molecular complexity index is 382. The van der Waals surface area contributed by atoms with Crippen molar-refractivity contribution in [2.45, 2.75) is 38.1 Å². The molecule has 0 spiro atoms. The molecule has 3 rings (SSSR count). The van der Waals surface area contributed by atoms with Gasteiger partial charge in [-0.2, -0.15) is 0 Å². The molecule has 0 N–H and O–H groups in total. The Morgan fingerprint density at radius 1 is 0.920 bits per heavy atom. The second-order valence-corrected chi connectivity index (χ2v) is 4.88. The van der Waals surface area contributed by atoms with Crippen LogP contribution in [0.4, 0.5) is 0 Å². The number of carbonyl (C=O) groups is 1. The SMILES string of the molecule is O=[C-][C@H]1CCCN2C(=O)CCC[C@H]12.[C-]#[O+].[C-]#[O+].[C-]#[O+].[CH]1[CH][CH][CH][CH]1.[W+2]. The maximum Gasteiger partial charge on any atom is 2.00 e. The Balaban J connectivity index is -0.000000340. The fourth-order valence-electron chi connectivity index (χ4n) is 2.79. The first-order chi connectivity index (χ1) is 11.8. The fraction of sp³-hybridized carbons (Fsp3) is 0.444. The van der Waals surface area contributed by atoms with E-state index in [1.165, 1.54) is 0 Å². The minimum atomic E-state index is -0.0157. The third-order valence-corrected chi connectivity index (χ3v) is 3.70. The Kier molecular flexibility index (Phi) is 24.3. The summed E-state index contributed by atoms with van der Waals surface area (Å²) in [5.74, 6) is 0.217. The molecule has 3 aliphatic rings. The summed E-state index contributed by atoms with van der Waals surface area (Å²) < 4.78 is 22.5. The van der Waals surface area contributed by atoms with Crippen molar-refractivity contribution in [3.05, 3.63) is 52.1 Å². The van der Waals surface area contributed by atoms with Crippen LogP contribution in [0.2, 0.25) is 0 Å². The Hall–Kier alpha value is -0.952. The Labute approximate surface area is 164 Å². The first-order valence-corrected chi connectivity index (χ1v) is 7.28. The van der Waals surface area contributed by atoms with Gasteiger partial charge < -0.3 is 9.69 Å². The van der Waals surface area contributed by atoms with E-state index in [-0.39, 0.29) is 38.9 Å². The average Bonchev–Trinajstić information content (AvgIpc) is 3.27. The maximum absolute atomic E-state index is 11.5. The van der Waals surface area contributed by atoms with Crippen LogP contribution in [0.3, 0.4) is 0 Å². The van der Waals surface area contributed by atoms with Gasteiger partial charge in [0.2, 0.25) is 5.91 Å². The second kappa shape index (κ2) is 21.1. The van der Waals surface area contributed by atoms with E-state index in [4.69, 9.17) is 14.0 Å². The molecule has 6 nitrogen and oxygen atoms in total. The van der Waals surface area contributed by atoms with Gasteiger partial charge in [0, 0.05) is 19.0 Å². The van der Waals surface area contributed by atoms with Crippen molar-refractivity contribution in [2.75, 3.05) is 6.54 Å². The largest absolute Gasteiger partial charge is 2.00 e. The number of carbonyl (C=O) groups excluding carboxylic acids is 2. The smallest absolute Gasteiger partial charge is 0.0312 e. The molecule has 2 aliphatic heterocycles. The molecule has 7 heteroatoms. The third kappa shape index (κ3) is 11.3. The van der Waals surface area contributed by atoms with Crippen LogP contribution in [0.5, 0.6) is 0 Å². The Morgan fingerprint density at radius 2 is 1.40 bits per heavy atom. The van der Waals surface area contributed by atoms with Crippen molar-refractivity contribution in [3.63, 3.8) is 0 Å². The molecule has 0 bridgehead atoms. The minimum Gasteiger partial charge on any atom is -0.0312 e. The number of nitrogens with zero attached hydrogens (tertiary/aromatic N) is 1. The zero-order chi connectivity index (χ0) is 18.8. The molecule has 131 valence electrons. The summed E-state index contributed by atoms with van der Waals surface area (Å²) >= 11 is 0. The van der Waals surface area contributed by atoms with E-state index < -0.39 is 0 Å². The van der Waals surface area contributed by atoms with Gasteiger partial charge in [-0.05, 0) is 51.4 Å². The standard InChI is InChI=1S/C10H14NO2.C5H5.3CO.W/c12-7-8-3-2-6-11-9(8)4-1-5-10(11)13;1-2-4-5-3-1;3*1-2;/h8-9H,1-6H2;1-5H;;;;/q-1;;;;;+2/t8-,9-;;;;;/m1...../s1. The van der Waals surface area contributed by atoms with E-state index in [9.17, 15) is 9.59 Å². The molecule has 1 aliphatic carbocycles. The van der Waals surface area contributed by atoms with E-state index in [0.717, 1.165) is 32.2 Å². The predicted octanol–water partition coefficient (Wildman–Crippen LogP) is 1.79. The average molecular weight is 513 g/mol. The molecule has 0 aromatic rings. The zero-order valence-corrected chi connectivity index (χ0v) is 16.6. The van der Waals surface area contributed by atoms with Gasteiger partial charge in [-0.25, -0.2) is 0 Å². The van der Waals surface area contributed by atoms with Crippen molar-refractivity contribution >= 4 is 12.2 Å². The van der Waals surface area contributed by atoms with Gasteiger partial charge in [0.25, 0.3) is 0 Å². The molecular formula is C18H19NO5W+. The van der Waals surface area contributed by atoms with Gasteiger partial charge in [-0.15, -0.1) is 5.92 Å². The molecule has 2 heterocycles. The molecule has 3 fully saturated rings. The number of amides is 1. The zero-order valence-electron chi connectivity index (χ0n) is 13.7. The van der Waals surface area contributed by atoms with Gasteiger partial charge in [0.15, 0.2) is 0 Å². The predicted molar refractivity (Wildman–Crippen MR) is 81.1 cm³/mol. The monoisotopic (exact) mass is 513 g/mol. The van der Waals surface area contributed by atoms with Crippen molar-refractivity contribution in [2.24, 2.45) is 5.92 Å². The molecule has 5 radical (unpaired) electrons. The third-order valence-electron chi connectivity index (χ3n) is 3.70. The van der Waals surface area contributed by atoms with Gasteiger partial charge in [0.05, 0.1) is 0 Å². The summed E-state index contributed by atoms with van der Waals surface area (Å²) in [5, 5.41) is 0. The van der Waals surface area contributed by atoms with Crippen LogP contribution in [0, 0.1) is 58.0 Å². The van der Waals surface area contributed by atoms with Crippen molar-refractivity contribution < 1.29 is 44.6 Å². The minimum absolute atomic E-state index is 0. The van der Waals surface area contributed by atoms with Crippen LogP contribution in [-0.4, -0.2) is 29.7 Å². The van der Waals surface area contributed by atoms with Gasteiger partial charge >= 0.3 is 55.0 Å². The van der Waals surface area contributed by atoms with Crippen LogP contribution in [0.1, 0.15) is 32.1 Å². The van der Waals surface area contributed by atoms with E-state index in [2.05, 4.69) is 26.2 Å². The van der Waals surface area contributed by atoms with Crippen molar-refractivity contribution in [1.29, 1.82) is 0 Å². The maximum atomic E-state index is 11.5. The van der Waals surface area contributed by atoms with Crippen LogP contribution < -0.4 is 0 Å². The van der Waals surface area contributed by atoms with Crippen LogP contribution in [0.25, 0.3) is 0 Å². The Morgan fingerprint density at radius 3 is 1.84 bits per heavy atom. The summed E-state index contributed by atoms with van der Waals surface area (Å²) in [5.41, 5.74) is 0. The molecule has 1 saturated carbocycles. The summed E-state index contributed by atoms with van der Waals surface area (Å²) in [6.07, 6.45) is 16.6. The van der Waals surface area contributed by atoms with E-state index in [1.54, 1.807) is 0 Å². The molecule has 25 heavy (non-hydrogen) atoms. The quantitative estimate of drug-likeness (QED) is 0.395.